The standard InChI is InChI=1S/C24H35N3O5/c1-26-21-19(15-16-10-11-18(16)22(25-21)32-17-7-2-3-8-17)23(28)27(24(26)29)12-6-14-31-20-9-4-5-13-30-20/h16-18,20H,2-15H2,1H3/t16-,18?,20?/m1/s1. The van der Waals surface area contributed by atoms with Crippen molar-refractivity contribution in [1.29, 1.82) is 0 Å². The average molecular weight is 446 g/mol. The Balaban J connectivity index is 1.35. The van der Waals surface area contributed by atoms with Gasteiger partial charge in [0, 0.05) is 26.1 Å². The van der Waals surface area contributed by atoms with Gasteiger partial charge < -0.3 is 14.2 Å². The highest BCUT2D eigenvalue weighted by Gasteiger charge is 2.41. The third kappa shape index (κ3) is 4.31. The van der Waals surface area contributed by atoms with Crippen molar-refractivity contribution in [3.63, 3.8) is 0 Å². The zero-order valence-corrected chi connectivity index (χ0v) is 19.1. The van der Waals surface area contributed by atoms with E-state index < -0.39 is 0 Å². The lowest BCUT2D eigenvalue weighted by Crippen LogP contribution is -2.42. The van der Waals surface area contributed by atoms with Gasteiger partial charge in [0.2, 0.25) is 0 Å². The van der Waals surface area contributed by atoms with Gasteiger partial charge >= 0.3 is 5.69 Å². The summed E-state index contributed by atoms with van der Waals surface area (Å²) in [5.41, 5.74) is 0.137. The van der Waals surface area contributed by atoms with Crippen LogP contribution in [0.2, 0.25) is 0 Å². The van der Waals surface area contributed by atoms with Crippen molar-refractivity contribution in [2.75, 3.05) is 13.2 Å². The van der Waals surface area contributed by atoms with Crippen molar-refractivity contribution < 1.29 is 14.2 Å². The SMILES string of the molecule is Cn1c2c(c(=O)n(CCCOC3CCCCO3)c1=O)C[C@H]1CCC1C(OC1CCCC1)=N2. The Hall–Kier alpha value is -1.93. The van der Waals surface area contributed by atoms with Gasteiger partial charge in [-0.05, 0) is 76.5 Å². The molecule has 3 atom stereocenters. The van der Waals surface area contributed by atoms with Crippen LogP contribution in [-0.4, -0.2) is 40.6 Å². The van der Waals surface area contributed by atoms with Crippen LogP contribution in [0.1, 0.15) is 69.8 Å². The van der Waals surface area contributed by atoms with Crippen LogP contribution in [-0.2, 0) is 34.2 Å². The molecule has 8 nitrogen and oxygen atoms in total. The number of aliphatic imine (C=N–C) groups is 1. The number of hydrogen-bond acceptors (Lipinski definition) is 6. The van der Waals surface area contributed by atoms with Crippen LogP contribution in [0.5, 0.6) is 0 Å². The van der Waals surface area contributed by atoms with E-state index in [1.807, 2.05) is 0 Å². The summed E-state index contributed by atoms with van der Waals surface area (Å²) in [5, 5.41) is 0. The molecule has 1 aromatic rings. The molecule has 3 fully saturated rings. The van der Waals surface area contributed by atoms with Crippen LogP contribution in [0.25, 0.3) is 0 Å². The Morgan fingerprint density at radius 1 is 1.06 bits per heavy atom. The van der Waals surface area contributed by atoms with Crippen molar-refractivity contribution in [2.45, 2.75) is 89.6 Å². The predicted octanol–water partition coefficient (Wildman–Crippen LogP) is 3.05. The first-order chi connectivity index (χ1) is 15.6. The molecule has 32 heavy (non-hydrogen) atoms. The fourth-order valence-corrected chi connectivity index (χ4v) is 5.50. The normalized spacial score (nSPS) is 27.8. The van der Waals surface area contributed by atoms with E-state index >= 15 is 0 Å². The van der Waals surface area contributed by atoms with Crippen LogP contribution in [0.3, 0.4) is 0 Å². The monoisotopic (exact) mass is 445 g/mol. The van der Waals surface area contributed by atoms with Gasteiger partial charge in [0.05, 0.1) is 12.2 Å². The molecule has 3 heterocycles. The molecule has 0 amide bonds. The molecule has 0 spiro atoms. The molecule has 2 aliphatic carbocycles. The zero-order chi connectivity index (χ0) is 22.1. The van der Waals surface area contributed by atoms with E-state index in [4.69, 9.17) is 19.2 Å². The van der Waals surface area contributed by atoms with Crippen LogP contribution in [0.4, 0.5) is 5.82 Å². The molecule has 5 rings (SSSR count). The smallest absolute Gasteiger partial charge is 0.332 e. The van der Waals surface area contributed by atoms with Crippen LogP contribution >= 0.6 is 0 Å². The lowest BCUT2D eigenvalue weighted by Gasteiger charge is -2.36. The van der Waals surface area contributed by atoms with Crippen molar-refractivity contribution in [3.8, 4) is 0 Å². The van der Waals surface area contributed by atoms with E-state index in [0.29, 0.717) is 43.3 Å². The number of fused-ring (bicyclic) bond motifs is 2. The van der Waals surface area contributed by atoms with Gasteiger partial charge in [0.15, 0.2) is 12.2 Å². The summed E-state index contributed by atoms with van der Waals surface area (Å²) in [4.78, 5) is 31.2. The number of nitrogens with zero attached hydrogens (tertiary/aromatic N) is 3. The third-order valence-electron chi connectivity index (χ3n) is 7.58. The molecule has 2 aliphatic heterocycles. The minimum Gasteiger partial charge on any atom is -0.477 e. The lowest BCUT2D eigenvalue weighted by molar-refractivity contribution is -0.163. The van der Waals surface area contributed by atoms with E-state index in [-0.39, 0.29) is 29.6 Å². The molecule has 0 bridgehead atoms. The Kier molecular flexibility index (Phi) is 6.51. The summed E-state index contributed by atoms with van der Waals surface area (Å²) in [6.07, 6.45) is 11.1. The quantitative estimate of drug-likeness (QED) is 0.629. The Bertz CT molecular complexity index is 969. The van der Waals surface area contributed by atoms with Gasteiger partial charge in [0.1, 0.15) is 11.9 Å². The molecular weight excluding hydrogens is 410 g/mol. The maximum absolute atomic E-state index is 13.3. The highest BCUT2D eigenvalue weighted by molar-refractivity contribution is 5.83. The molecule has 4 aliphatic rings. The average Bonchev–Trinajstić information content (AvgIpc) is 3.26. The summed E-state index contributed by atoms with van der Waals surface area (Å²) < 4.78 is 20.6. The molecular formula is C24H35N3O5. The molecule has 0 radical (unpaired) electrons. The van der Waals surface area contributed by atoms with E-state index in [2.05, 4.69) is 0 Å². The molecule has 0 N–H and O–H groups in total. The molecule has 2 unspecified atom stereocenters. The number of ether oxygens (including phenoxy) is 3. The summed E-state index contributed by atoms with van der Waals surface area (Å²) in [6, 6.07) is 0. The Morgan fingerprint density at radius 3 is 2.59 bits per heavy atom. The van der Waals surface area contributed by atoms with Crippen molar-refractivity contribution in [3.05, 3.63) is 26.4 Å². The Labute approximate surface area is 188 Å². The molecule has 1 saturated heterocycles. The second-order valence-corrected chi connectivity index (χ2v) is 9.74. The van der Waals surface area contributed by atoms with Gasteiger partial charge in [-0.25, -0.2) is 4.79 Å². The second-order valence-electron chi connectivity index (χ2n) is 9.74. The minimum atomic E-state index is -0.319. The maximum Gasteiger partial charge on any atom is 0.332 e. The van der Waals surface area contributed by atoms with E-state index in [1.54, 1.807) is 7.05 Å². The summed E-state index contributed by atoms with van der Waals surface area (Å²) in [5.74, 6) is 1.89. The number of rotatable bonds is 6. The van der Waals surface area contributed by atoms with Gasteiger partial charge in [-0.15, -0.1) is 0 Å². The minimum absolute atomic E-state index is 0.154. The molecule has 2 saturated carbocycles. The Morgan fingerprint density at radius 2 is 1.88 bits per heavy atom. The van der Waals surface area contributed by atoms with Gasteiger partial charge in [-0.3, -0.25) is 13.9 Å². The lowest BCUT2D eigenvalue weighted by atomic mass is 9.71. The number of hydrogen-bond donors (Lipinski definition) is 0. The zero-order valence-electron chi connectivity index (χ0n) is 19.1. The largest absolute Gasteiger partial charge is 0.477 e. The third-order valence-corrected chi connectivity index (χ3v) is 7.58. The highest BCUT2D eigenvalue weighted by atomic mass is 16.7. The summed E-state index contributed by atoms with van der Waals surface area (Å²) in [6.45, 7) is 1.55. The fraction of sp³-hybridized carbons (Fsp3) is 0.792. The summed E-state index contributed by atoms with van der Waals surface area (Å²) >= 11 is 0. The summed E-state index contributed by atoms with van der Waals surface area (Å²) in [7, 11) is 1.72. The molecule has 8 heteroatoms. The van der Waals surface area contributed by atoms with Gasteiger partial charge in [-0.1, -0.05) is 0 Å². The molecule has 1 aromatic heterocycles. The van der Waals surface area contributed by atoms with E-state index in [9.17, 15) is 9.59 Å². The van der Waals surface area contributed by atoms with Crippen LogP contribution < -0.4 is 11.2 Å². The predicted molar refractivity (Wildman–Crippen MR) is 120 cm³/mol. The second kappa shape index (κ2) is 9.51. The first kappa shape index (κ1) is 21.9. The molecule has 0 aromatic carbocycles. The van der Waals surface area contributed by atoms with Crippen LogP contribution in [0, 0.1) is 11.8 Å². The number of aromatic nitrogens is 2. The highest BCUT2D eigenvalue weighted by Crippen LogP contribution is 2.42. The van der Waals surface area contributed by atoms with Crippen molar-refractivity contribution in [2.24, 2.45) is 23.9 Å². The van der Waals surface area contributed by atoms with Crippen LogP contribution in [0.15, 0.2) is 14.6 Å². The van der Waals surface area contributed by atoms with Gasteiger partial charge in [-0.2, -0.15) is 4.99 Å². The maximum atomic E-state index is 13.3. The van der Waals surface area contributed by atoms with Crippen molar-refractivity contribution >= 4 is 11.7 Å². The molecule has 176 valence electrons. The first-order valence-corrected chi connectivity index (χ1v) is 12.4. The van der Waals surface area contributed by atoms with E-state index in [0.717, 1.165) is 57.5 Å². The first-order valence-electron chi connectivity index (χ1n) is 12.4. The topological polar surface area (TPSA) is 84.0 Å². The van der Waals surface area contributed by atoms with Crippen molar-refractivity contribution in [1.82, 2.24) is 9.13 Å². The fourth-order valence-electron chi connectivity index (χ4n) is 5.50. The van der Waals surface area contributed by atoms with Gasteiger partial charge in [0.25, 0.3) is 5.56 Å². The van der Waals surface area contributed by atoms with E-state index in [1.165, 1.54) is 22.0 Å².